The van der Waals surface area contributed by atoms with E-state index >= 15 is 0 Å². The third kappa shape index (κ3) is 2.11. The first-order valence-corrected chi connectivity index (χ1v) is 6.47. The lowest BCUT2D eigenvalue weighted by molar-refractivity contribution is 0.204. The van der Waals surface area contributed by atoms with E-state index in [1.165, 1.54) is 6.20 Å². The van der Waals surface area contributed by atoms with Gasteiger partial charge in [-0.3, -0.25) is 4.18 Å². The van der Waals surface area contributed by atoms with Gasteiger partial charge in [0, 0.05) is 30.6 Å². The van der Waals surface area contributed by atoms with Crippen LogP contribution in [0.1, 0.15) is 0 Å². The maximum Gasteiger partial charge on any atom is 0.324 e. The van der Waals surface area contributed by atoms with Crippen LogP contribution in [0.5, 0.6) is 0 Å². The fraction of sp³-hybridized carbons (Fsp3) is 0.571. The molecule has 0 aliphatic carbocycles. The zero-order valence-corrected chi connectivity index (χ0v) is 8.97. The van der Waals surface area contributed by atoms with Crippen LogP contribution >= 0.6 is 11.3 Å². The van der Waals surface area contributed by atoms with Gasteiger partial charge in [0.1, 0.15) is 0 Å². The van der Waals surface area contributed by atoms with Crippen LogP contribution in [0.25, 0.3) is 0 Å². The summed E-state index contributed by atoms with van der Waals surface area (Å²) in [5.74, 6) is 0.310. The Kier molecular flexibility index (Phi) is 2.82. The molecule has 0 unspecified atom stereocenters. The van der Waals surface area contributed by atoms with Gasteiger partial charge >= 0.3 is 10.1 Å². The SMILES string of the molecule is O=S(=O)(OCC1CNC1)c1nccs1. The lowest BCUT2D eigenvalue weighted by Crippen LogP contribution is -2.44. The van der Waals surface area contributed by atoms with Crippen LogP contribution in [0.15, 0.2) is 15.9 Å². The van der Waals surface area contributed by atoms with Gasteiger partial charge in [-0.25, -0.2) is 4.98 Å². The third-order valence-electron chi connectivity index (χ3n) is 1.95. The Morgan fingerprint density at radius 1 is 1.64 bits per heavy atom. The molecule has 5 nitrogen and oxygen atoms in total. The van der Waals surface area contributed by atoms with Crippen molar-refractivity contribution in [3.8, 4) is 0 Å². The number of hydrogen-bond acceptors (Lipinski definition) is 6. The molecule has 0 amide bonds. The van der Waals surface area contributed by atoms with Crippen molar-refractivity contribution in [3.05, 3.63) is 11.6 Å². The Balaban J connectivity index is 1.95. The molecule has 0 atom stereocenters. The van der Waals surface area contributed by atoms with E-state index in [0.29, 0.717) is 5.92 Å². The predicted octanol–water partition coefficient (Wildman–Crippen LogP) is 0.0678. The monoisotopic (exact) mass is 234 g/mol. The first kappa shape index (κ1) is 10.0. The second-order valence-corrected chi connectivity index (χ2v) is 5.74. The summed E-state index contributed by atoms with van der Waals surface area (Å²) >= 11 is 1.07. The van der Waals surface area contributed by atoms with Gasteiger partial charge < -0.3 is 5.32 Å². The van der Waals surface area contributed by atoms with E-state index < -0.39 is 10.1 Å². The second-order valence-electron chi connectivity index (χ2n) is 3.06. The van der Waals surface area contributed by atoms with Crippen LogP contribution in [0.2, 0.25) is 0 Å². The highest BCUT2D eigenvalue weighted by Crippen LogP contribution is 2.16. The molecule has 0 aromatic carbocycles. The van der Waals surface area contributed by atoms with Crippen LogP contribution in [0, 0.1) is 5.92 Å². The summed E-state index contributed by atoms with van der Waals surface area (Å²) < 4.78 is 27.8. The summed E-state index contributed by atoms with van der Waals surface area (Å²) in [6, 6.07) is 0. The smallest absolute Gasteiger partial charge is 0.316 e. The Morgan fingerprint density at radius 2 is 2.43 bits per heavy atom. The van der Waals surface area contributed by atoms with Gasteiger partial charge in [0.25, 0.3) is 0 Å². The summed E-state index contributed by atoms with van der Waals surface area (Å²) in [5, 5.41) is 4.66. The minimum atomic E-state index is -3.61. The molecule has 1 aliphatic rings. The van der Waals surface area contributed by atoms with Crippen LogP contribution in [0.3, 0.4) is 0 Å². The molecule has 1 saturated heterocycles. The second kappa shape index (κ2) is 3.93. The maximum atomic E-state index is 11.4. The number of nitrogens with zero attached hydrogens (tertiary/aromatic N) is 1. The average molecular weight is 234 g/mol. The van der Waals surface area contributed by atoms with Gasteiger partial charge in [0.05, 0.1) is 6.61 Å². The van der Waals surface area contributed by atoms with E-state index in [-0.39, 0.29) is 10.9 Å². The maximum absolute atomic E-state index is 11.4. The molecule has 0 radical (unpaired) electrons. The molecule has 1 fully saturated rings. The predicted molar refractivity (Wildman–Crippen MR) is 51.6 cm³/mol. The number of thiazole rings is 1. The summed E-state index contributed by atoms with van der Waals surface area (Å²) in [4.78, 5) is 3.70. The van der Waals surface area contributed by atoms with Crippen LogP contribution < -0.4 is 5.32 Å². The van der Waals surface area contributed by atoms with Gasteiger partial charge in [-0.05, 0) is 0 Å². The van der Waals surface area contributed by atoms with Crippen molar-refractivity contribution in [2.45, 2.75) is 4.34 Å². The molecule has 0 saturated carbocycles. The van der Waals surface area contributed by atoms with Crippen molar-refractivity contribution in [1.82, 2.24) is 10.3 Å². The number of rotatable bonds is 4. The molecule has 1 aliphatic heterocycles. The average Bonchev–Trinajstić information content (AvgIpc) is 2.52. The first-order valence-electron chi connectivity index (χ1n) is 4.18. The quantitative estimate of drug-likeness (QED) is 0.747. The van der Waals surface area contributed by atoms with Crippen LogP contribution in [-0.2, 0) is 14.3 Å². The molecular formula is C7H10N2O3S2. The molecule has 2 rings (SSSR count). The topological polar surface area (TPSA) is 68.3 Å². The van der Waals surface area contributed by atoms with Crippen LogP contribution in [0.4, 0.5) is 0 Å². The van der Waals surface area contributed by atoms with Gasteiger partial charge in [-0.15, -0.1) is 11.3 Å². The Bertz CT molecular complexity index is 383. The summed E-state index contributed by atoms with van der Waals surface area (Å²) in [6.45, 7) is 1.90. The molecule has 1 aromatic heterocycles. The van der Waals surface area contributed by atoms with E-state index in [2.05, 4.69) is 10.3 Å². The lowest BCUT2D eigenvalue weighted by Gasteiger charge is -2.25. The first-order chi connectivity index (χ1) is 6.68. The highest BCUT2D eigenvalue weighted by molar-refractivity contribution is 7.88. The molecule has 2 heterocycles. The van der Waals surface area contributed by atoms with E-state index in [4.69, 9.17) is 4.18 Å². The minimum Gasteiger partial charge on any atom is -0.316 e. The largest absolute Gasteiger partial charge is 0.324 e. The molecule has 1 aromatic rings. The van der Waals surface area contributed by atoms with E-state index in [9.17, 15) is 8.42 Å². The van der Waals surface area contributed by atoms with Crippen molar-refractivity contribution in [2.75, 3.05) is 19.7 Å². The summed E-state index contributed by atoms with van der Waals surface area (Å²) in [6.07, 6.45) is 1.45. The molecule has 1 N–H and O–H groups in total. The molecular weight excluding hydrogens is 224 g/mol. The summed E-state index contributed by atoms with van der Waals surface area (Å²) in [5.41, 5.74) is 0. The van der Waals surface area contributed by atoms with E-state index in [1.54, 1.807) is 5.38 Å². The zero-order valence-electron chi connectivity index (χ0n) is 7.34. The number of hydrogen-bond donors (Lipinski definition) is 1. The van der Waals surface area contributed by atoms with Gasteiger partial charge in [0.2, 0.25) is 4.34 Å². The Hall–Kier alpha value is -0.500. The third-order valence-corrected chi connectivity index (χ3v) is 4.39. The standard InChI is InChI=1S/C7H10N2O3S2/c10-14(11,7-9-1-2-13-7)12-5-6-3-8-4-6/h1-2,6,8H,3-5H2. The van der Waals surface area contributed by atoms with Crippen molar-refractivity contribution < 1.29 is 12.6 Å². The Morgan fingerprint density at radius 3 is 2.93 bits per heavy atom. The van der Waals surface area contributed by atoms with Crippen LogP contribution in [-0.4, -0.2) is 33.1 Å². The summed E-state index contributed by atoms with van der Waals surface area (Å²) in [7, 11) is -3.61. The molecule has 78 valence electrons. The van der Waals surface area contributed by atoms with Gasteiger partial charge in [0.15, 0.2) is 0 Å². The Labute approximate surface area is 86.2 Å². The fourth-order valence-corrected chi connectivity index (χ4v) is 2.84. The molecule has 0 bridgehead atoms. The van der Waals surface area contributed by atoms with Crippen molar-refractivity contribution in [3.63, 3.8) is 0 Å². The molecule has 14 heavy (non-hydrogen) atoms. The van der Waals surface area contributed by atoms with Crippen molar-refractivity contribution >= 4 is 21.5 Å². The molecule has 0 spiro atoms. The zero-order chi connectivity index (χ0) is 10.0. The van der Waals surface area contributed by atoms with Gasteiger partial charge in [-0.2, -0.15) is 8.42 Å². The van der Waals surface area contributed by atoms with Crippen molar-refractivity contribution in [2.24, 2.45) is 5.92 Å². The normalized spacial score (nSPS) is 18.0. The highest BCUT2D eigenvalue weighted by Gasteiger charge is 2.23. The minimum absolute atomic E-state index is 0.0322. The van der Waals surface area contributed by atoms with E-state index in [1.807, 2.05) is 0 Å². The fourth-order valence-electron chi connectivity index (χ4n) is 1.04. The highest BCUT2D eigenvalue weighted by atomic mass is 32.3. The lowest BCUT2D eigenvalue weighted by atomic mass is 10.1. The number of nitrogens with one attached hydrogen (secondary N) is 1. The molecule has 7 heteroatoms. The van der Waals surface area contributed by atoms with E-state index in [0.717, 1.165) is 24.4 Å². The van der Waals surface area contributed by atoms with Gasteiger partial charge in [-0.1, -0.05) is 0 Å². The van der Waals surface area contributed by atoms with Crippen molar-refractivity contribution in [1.29, 1.82) is 0 Å². The number of aromatic nitrogens is 1.